The molecule has 0 bridgehead atoms. The Balaban J connectivity index is 2.59. The standard InChI is InChI=1S/C7H11N3O2/c1-10(2-3-11)7(12)6-4-8-5-9-6/h4-5,11H,2-3H2,1H3,(H,8,9). The zero-order chi connectivity index (χ0) is 8.97. The quantitative estimate of drug-likeness (QED) is 0.639. The van der Waals surface area contributed by atoms with Crippen molar-refractivity contribution in [3.8, 4) is 0 Å². The number of H-pyrrole nitrogens is 1. The van der Waals surface area contributed by atoms with E-state index in [4.69, 9.17) is 5.11 Å². The van der Waals surface area contributed by atoms with E-state index in [0.717, 1.165) is 0 Å². The highest BCUT2D eigenvalue weighted by molar-refractivity contribution is 5.91. The van der Waals surface area contributed by atoms with Crippen LogP contribution in [0.3, 0.4) is 0 Å². The lowest BCUT2D eigenvalue weighted by Gasteiger charge is -2.13. The lowest BCUT2D eigenvalue weighted by molar-refractivity contribution is 0.0762. The molecule has 1 amide bonds. The Hall–Kier alpha value is -1.36. The highest BCUT2D eigenvalue weighted by atomic mass is 16.3. The van der Waals surface area contributed by atoms with Crippen LogP contribution in [0.1, 0.15) is 10.5 Å². The van der Waals surface area contributed by atoms with Crippen molar-refractivity contribution in [1.29, 1.82) is 0 Å². The van der Waals surface area contributed by atoms with Gasteiger partial charge in [-0.1, -0.05) is 0 Å². The van der Waals surface area contributed by atoms with Crippen molar-refractivity contribution in [2.24, 2.45) is 0 Å². The summed E-state index contributed by atoms with van der Waals surface area (Å²) >= 11 is 0. The number of carbonyl (C=O) groups is 1. The van der Waals surface area contributed by atoms with Crippen molar-refractivity contribution in [1.82, 2.24) is 14.9 Å². The van der Waals surface area contributed by atoms with Crippen LogP contribution < -0.4 is 0 Å². The van der Waals surface area contributed by atoms with Crippen LogP contribution in [0.25, 0.3) is 0 Å². The molecule has 1 aromatic heterocycles. The van der Waals surface area contributed by atoms with Crippen LogP contribution in [0.15, 0.2) is 12.5 Å². The molecule has 0 atom stereocenters. The molecule has 0 aromatic carbocycles. The molecule has 0 fully saturated rings. The summed E-state index contributed by atoms with van der Waals surface area (Å²) in [4.78, 5) is 19.2. The Morgan fingerprint density at radius 3 is 3.08 bits per heavy atom. The fourth-order valence-corrected chi connectivity index (χ4v) is 0.830. The van der Waals surface area contributed by atoms with Gasteiger partial charge in [0.1, 0.15) is 5.69 Å². The molecule has 0 unspecified atom stereocenters. The number of nitrogens with zero attached hydrogens (tertiary/aromatic N) is 2. The van der Waals surface area contributed by atoms with E-state index < -0.39 is 0 Å². The van der Waals surface area contributed by atoms with E-state index in [2.05, 4.69) is 9.97 Å². The highest BCUT2D eigenvalue weighted by Crippen LogP contribution is 1.96. The number of hydrogen-bond acceptors (Lipinski definition) is 3. The molecule has 2 N–H and O–H groups in total. The van der Waals surface area contributed by atoms with Gasteiger partial charge in [-0.05, 0) is 0 Å². The van der Waals surface area contributed by atoms with E-state index >= 15 is 0 Å². The van der Waals surface area contributed by atoms with E-state index in [9.17, 15) is 4.79 Å². The predicted molar refractivity (Wildman–Crippen MR) is 42.6 cm³/mol. The topological polar surface area (TPSA) is 69.2 Å². The minimum atomic E-state index is -0.165. The monoisotopic (exact) mass is 169 g/mol. The van der Waals surface area contributed by atoms with Crippen LogP contribution in [0.5, 0.6) is 0 Å². The predicted octanol–water partition coefficient (Wildman–Crippen LogP) is -0.526. The summed E-state index contributed by atoms with van der Waals surface area (Å²) < 4.78 is 0. The third kappa shape index (κ3) is 1.82. The molecule has 0 aliphatic heterocycles. The van der Waals surface area contributed by atoms with E-state index in [1.807, 2.05) is 0 Å². The Bertz CT molecular complexity index is 245. The molecule has 0 spiro atoms. The summed E-state index contributed by atoms with van der Waals surface area (Å²) in [6.45, 7) is 0.300. The van der Waals surface area contributed by atoms with Crippen LogP contribution in [0, 0.1) is 0 Å². The Kier molecular flexibility index (Phi) is 2.82. The lowest BCUT2D eigenvalue weighted by atomic mass is 10.4. The van der Waals surface area contributed by atoms with E-state index in [0.29, 0.717) is 12.2 Å². The number of aromatic nitrogens is 2. The average Bonchev–Trinajstić information content (AvgIpc) is 2.55. The number of imidazole rings is 1. The molecule has 5 heteroatoms. The maximum Gasteiger partial charge on any atom is 0.271 e. The first-order chi connectivity index (χ1) is 5.75. The summed E-state index contributed by atoms with van der Waals surface area (Å²) in [6, 6.07) is 0. The van der Waals surface area contributed by atoms with Crippen LogP contribution in [-0.4, -0.2) is 46.1 Å². The second-order valence-electron chi connectivity index (χ2n) is 2.42. The molecule has 5 nitrogen and oxygen atoms in total. The van der Waals surface area contributed by atoms with Crippen LogP contribution in [0.4, 0.5) is 0 Å². The first-order valence-corrected chi connectivity index (χ1v) is 3.60. The van der Waals surface area contributed by atoms with Gasteiger partial charge in [0.2, 0.25) is 0 Å². The number of aromatic amines is 1. The molecule has 12 heavy (non-hydrogen) atoms. The van der Waals surface area contributed by atoms with Gasteiger partial charge in [-0.15, -0.1) is 0 Å². The lowest BCUT2D eigenvalue weighted by Crippen LogP contribution is -2.29. The van der Waals surface area contributed by atoms with Gasteiger partial charge in [0.05, 0.1) is 19.1 Å². The number of carbonyl (C=O) groups excluding carboxylic acids is 1. The van der Waals surface area contributed by atoms with E-state index in [1.54, 1.807) is 7.05 Å². The summed E-state index contributed by atoms with van der Waals surface area (Å²) in [5.74, 6) is -0.165. The molecular weight excluding hydrogens is 158 g/mol. The minimum Gasteiger partial charge on any atom is -0.395 e. The Morgan fingerprint density at radius 1 is 1.83 bits per heavy atom. The van der Waals surface area contributed by atoms with Crippen LogP contribution >= 0.6 is 0 Å². The number of amides is 1. The summed E-state index contributed by atoms with van der Waals surface area (Å²) in [6.07, 6.45) is 2.90. The summed E-state index contributed by atoms with van der Waals surface area (Å²) in [7, 11) is 1.62. The van der Waals surface area contributed by atoms with Crippen molar-refractivity contribution >= 4 is 5.91 Å². The number of aliphatic hydroxyl groups is 1. The molecule has 0 saturated heterocycles. The maximum absolute atomic E-state index is 11.3. The average molecular weight is 169 g/mol. The number of likely N-dealkylation sites (N-methyl/N-ethyl adjacent to an activating group) is 1. The molecule has 1 heterocycles. The van der Waals surface area contributed by atoms with Gasteiger partial charge in [-0.25, -0.2) is 4.98 Å². The van der Waals surface area contributed by atoms with Gasteiger partial charge >= 0.3 is 0 Å². The molecule has 0 radical (unpaired) electrons. The molecule has 66 valence electrons. The fourth-order valence-electron chi connectivity index (χ4n) is 0.830. The zero-order valence-electron chi connectivity index (χ0n) is 6.82. The number of hydrogen-bond donors (Lipinski definition) is 2. The third-order valence-electron chi connectivity index (χ3n) is 1.51. The van der Waals surface area contributed by atoms with E-state index in [1.165, 1.54) is 17.4 Å². The van der Waals surface area contributed by atoms with Crippen molar-refractivity contribution in [3.63, 3.8) is 0 Å². The molecule has 0 aliphatic rings. The Morgan fingerprint density at radius 2 is 2.58 bits per heavy atom. The van der Waals surface area contributed by atoms with Crippen LogP contribution in [-0.2, 0) is 0 Å². The van der Waals surface area contributed by atoms with Gasteiger partial charge in [0.25, 0.3) is 5.91 Å². The van der Waals surface area contributed by atoms with Gasteiger partial charge < -0.3 is 15.0 Å². The first kappa shape index (κ1) is 8.73. The van der Waals surface area contributed by atoms with Crippen molar-refractivity contribution in [3.05, 3.63) is 18.2 Å². The van der Waals surface area contributed by atoms with Crippen LogP contribution in [0.2, 0.25) is 0 Å². The van der Waals surface area contributed by atoms with Crippen molar-refractivity contribution in [2.75, 3.05) is 20.2 Å². The van der Waals surface area contributed by atoms with Crippen molar-refractivity contribution < 1.29 is 9.90 Å². The Labute approximate surface area is 70.0 Å². The zero-order valence-corrected chi connectivity index (χ0v) is 6.82. The number of nitrogens with one attached hydrogen (secondary N) is 1. The summed E-state index contributed by atoms with van der Waals surface area (Å²) in [5, 5.41) is 8.56. The fraction of sp³-hybridized carbons (Fsp3) is 0.429. The highest BCUT2D eigenvalue weighted by Gasteiger charge is 2.11. The van der Waals surface area contributed by atoms with Gasteiger partial charge in [-0.3, -0.25) is 4.79 Å². The first-order valence-electron chi connectivity index (χ1n) is 3.60. The van der Waals surface area contributed by atoms with Gasteiger partial charge in [-0.2, -0.15) is 0 Å². The third-order valence-corrected chi connectivity index (χ3v) is 1.51. The SMILES string of the molecule is CN(CCO)C(=O)c1cnc[nH]1. The summed E-state index contributed by atoms with van der Waals surface area (Å²) in [5.41, 5.74) is 0.436. The molecule has 1 rings (SSSR count). The van der Waals surface area contributed by atoms with Gasteiger partial charge in [0.15, 0.2) is 0 Å². The second-order valence-corrected chi connectivity index (χ2v) is 2.42. The smallest absolute Gasteiger partial charge is 0.271 e. The van der Waals surface area contributed by atoms with Crippen molar-refractivity contribution in [2.45, 2.75) is 0 Å². The maximum atomic E-state index is 11.3. The van der Waals surface area contributed by atoms with E-state index in [-0.39, 0.29) is 12.5 Å². The largest absolute Gasteiger partial charge is 0.395 e. The molecule has 0 saturated carbocycles. The number of rotatable bonds is 3. The minimum absolute atomic E-state index is 0.0314. The second kappa shape index (κ2) is 3.87. The molecule has 1 aromatic rings. The molecular formula is C7H11N3O2. The molecule has 0 aliphatic carbocycles. The van der Waals surface area contributed by atoms with Gasteiger partial charge in [0, 0.05) is 13.6 Å². The number of aliphatic hydroxyl groups excluding tert-OH is 1. The normalized spacial score (nSPS) is 9.83.